The second kappa shape index (κ2) is 8.93. The Labute approximate surface area is 193 Å². The van der Waals surface area contributed by atoms with Crippen LogP contribution in [0, 0.1) is 11.8 Å². The predicted octanol–water partition coefficient (Wildman–Crippen LogP) is 2.90. The molecule has 2 saturated heterocycles. The molecule has 5 heteroatoms. The Bertz CT molecular complexity index is 1210. The third-order valence-corrected chi connectivity index (χ3v) is 6.48. The Kier molecular flexibility index (Phi) is 5.68. The van der Waals surface area contributed by atoms with Gasteiger partial charge in [0, 0.05) is 29.2 Å². The monoisotopic (exact) mass is 436 g/mol. The molecule has 1 N–H and O–H groups in total. The van der Waals surface area contributed by atoms with Gasteiger partial charge < -0.3 is 14.9 Å². The van der Waals surface area contributed by atoms with Crippen molar-refractivity contribution in [2.45, 2.75) is 18.0 Å². The summed E-state index contributed by atoms with van der Waals surface area (Å²) in [7, 11) is 0. The minimum absolute atomic E-state index is 0.0264. The lowest BCUT2D eigenvalue weighted by Crippen LogP contribution is -2.73. The summed E-state index contributed by atoms with van der Waals surface area (Å²) in [6.45, 7) is 0.396. The van der Waals surface area contributed by atoms with Crippen LogP contribution >= 0.6 is 0 Å². The number of carbonyl (C=O) groups is 2. The minimum atomic E-state index is -0.266. The van der Waals surface area contributed by atoms with Crippen LogP contribution in [0.4, 0.5) is 0 Å². The van der Waals surface area contributed by atoms with E-state index in [0.29, 0.717) is 12.1 Å². The molecule has 2 aliphatic rings. The van der Waals surface area contributed by atoms with Gasteiger partial charge in [0.05, 0.1) is 18.7 Å². The smallest absolute Gasteiger partial charge is 0.254 e. The summed E-state index contributed by atoms with van der Waals surface area (Å²) in [5.74, 6) is 6.05. The van der Waals surface area contributed by atoms with Gasteiger partial charge in [0.15, 0.2) is 0 Å². The van der Waals surface area contributed by atoms with Gasteiger partial charge in [0.1, 0.15) is 6.54 Å². The number of nitrogens with zero attached hydrogens (tertiary/aromatic N) is 2. The van der Waals surface area contributed by atoms with Crippen LogP contribution in [-0.2, 0) is 4.79 Å². The zero-order valence-corrected chi connectivity index (χ0v) is 18.1. The number of carbonyl (C=O) groups excluding carboxylic acids is 2. The highest BCUT2D eigenvalue weighted by Crippen LogP contribution is 2.43. The summed E-state index contributed by atoms with van der Waals surface area (Å²) < 4.78 is 0. The van der Waals surface area contributed by atoms with Crippen molar-refractivity contribution in [2.24, 2.45) is 0 Å². The van der Waals surface area contributed by atoms with E-state index in [1.807, 2.05) is 72.8 Å². The fraction of sp³-hybridized carbons (Fsp3) is 0.214. The predicted molar refractivity (Wildman–Crippen MR) is 125 cm³/mol. The lowest BCUT2D eigenvalue weighted by molar-refractivity contribution is -0.159. The fourth-order valence-electron chi connectivity index (χ4n) is 4.87. The minimum Gasteiger partial charge on any atom is -0.394 e. The first-order chi connectivity index (χ1) is 16.2. The number of fused-ring (bicyclic) bond motifs is 1. The van der Waals surface area contributed by atoms with Crippen LogP contribution in [0.1, 0.15) is 33.0 Å². The molecule has 2 amide bonds. The molecule has 0 saturated carbocycles. The molecule has 5 rings (SSSR count). The quantitative estimate of drug-likeness (QED) is 0.643. The molecule has 5 nitrogen and oxygen atoms in total. The summed E-state index contributed by atoms with van der Waals surface area (Å²) >= 11 is 0. The van der Waals surface area contributed by atoms with Gasteiger partial charge in [0.2, 0.25) is 5.91 Å². The lowest BCUT2D eigenvalue weighted by atomic mass is 9.73. The van der Waals surface area contributed by atoms with Gasteiger partial charge in [0.25, 0.3) is 5.91 Å². The zero-order chi connectivity index (χ0) is 22.8. The first kappa shape index (κ1) is 21.0. The van der Waals surface area contributed by atoms with E-state index in [4.69, 9.17) is 0 Å². The molecule has 164 valence electrons. The fourth-order valence-corrected chi connectivity index (χ4v) is 4.87. The molecule has 0 spiro atoms. The molecule has 0 radical (unpaired) electrons. The zero-order valence-electron chi connectivity index (χ0n) is 18.1. The van der Waals surface area contributed by atoms with Crippen LogP contribution in [-0.4, -0.2) is 58.5 Å². The normalized spacial score (nSPS) is 21.5. The molecule has 3 aromatic rings. The van der Waals surface area contributed by atoms with E-state index in [2.05, 4.69) is 11.8 Å². The maximum atomic E-state index is 12.9. The van der Waals surface area contributed by atoms with E-state index in [1.165, 1.54) is 0 Å². The maximum Gasteiger partial charge on any atom is 0.254 e. The maximum absolute atomic E-state index is 12.9. The van der Waals surface area contributed by atoms with Gasteiger partial charge in [-0.25, -0.2) is 0 Å². The highest BCUT2D eigenvalue weighted by atomic mass is 16.3. The van der Waals surface area contributed by atoms with Crippen LogP contribution in [0.25, 0.3) is 0 Å². The van der Waals surface area contributed by atoms with Gasteiger partial charge in [-0.1, -0.05) is 60.4 Å². The third kappa shape index (κ3) is 4.02. The van der Waals surface area contributed by atoms with E-state index in [1.54, 1.807) is 21.9 Å². The van der Waals surface area contributed by atoms with Crippen molar-refractivity contribution in [3.8, 4) is 11.8 Å². The average molecular weight is 437 g/mol. The molecule has 2 aliphatic heterocycles. The van der Waals surface area contributed by atoms with Gasteiger partial charge in [-0.15, -0.1) is 0 Å². The molecule has 33 heavy (non-hydrogen) atoms. The number of hydrogen-bond donors (Lipinski definition) is 1. The Morgan fingerprint density at radius 2 is 1.48 bits per heavy atom. The summed E-state index contributed by atoms with van der Waals surface area (Å²) in [4.78, 5) is 29.1. The first-order valence-corrected chi connectivity index (χ1v) is 11.1. The van der Waals surface area contributed by atoms with Crippen LogP contribution < -0.4 is 0 Å². The van der Waals surface area contributed by atoms with Gasteiger partial charge >= 0.3 is 0 Å². The average Bonchev–Trinajstić information content (AvgIpc) is 2.85. The molecule has 3 atom stereocenters. The number of aliphatic hydroxyl groups excluding tert-OH is 1. The van der Waals surface area contributed by atoms with Crippen molar-refractivity contribution in [2.75, 3.05) is 19.7 Å². The van der Waals surface area contributed by atoms with Crippen molar-refractivity contribution in [1.29, 1.82) is 0 Å². The van der Waals surface area contributed by atoms with Crippen molar-refractivity contribution >= 4 is 11.8 Å². The first-order valence-electron chi connectivity index (χ1n) is 11.1. The Balaban J connectivity index is 1.35. The molecule has 2 heterocycles. The summed E-state index contributed by atoms with van der Waals surface area (Å²) in [5, 5.41) is 10.00. The van der Waals surface area contributed by atoms with E-state index in [0.717, 1.165) is 16.7 Å². The molecular formula is C28H24N2O3. The Morgan fingerprint density at radius 1 is 0.879 bits per heavy atom. The second-order valence-electron chi connectivity index (χ2n) is 8.43. The molecule has 0 unspecified atom stereocenters. The summed E-state index contributed by atoms with van der Waals surface area (Å²) in [5.41, 5.74) is 3.48. The Hall–Kier alpha value is -3.88. The van der Waals surface area contributed by atoms with Gasteiger partial charge in [-0.2, -0.15) is 0 Å². The number of amides is 2. The standard InChI is InChI=1S/C28H24N2O3/c31-19-25-27(22-15-13-21(14-16-22)12-11-20-7-3-1-4-8-20)24-17-29(18-26(32)30(24)25)28(33)23-9-5-2-6-10-23/h1-10,13-16,24-25,27,31H,17-19H2/t24-,25-,27-/m0/s1. The van der Waals surface area contributed by atoms with Crippen molar-refractivity contribution in [1.82, 2.24) is 9.80 Å². The van der Waals surface area contributed by atoms with E-state index >= 15 is 0 Å². The third-order valence-electron chi connectivity index (χ3n) is 6.48. The lowest BCUT2D eigenvalue weighted by Gasteiger charge is -2.58. The highest BCUT2D eigenvalue weighted by molar-refractivity contribution is 5.97. The SMILES string of the molecule is O=C(c1ccccc1)N1CC(=O)N2[C@@H](CO)[C@@H](c3ccc(C#Cc4ccccc4)cc3)[C@@H]2C1. The largest absolute Gasteiger partial charge is 0.394 e. The van der Waals surface area contributed by atoms with Crippen molar-refractivity contribution < 1.29 is 14.7 Å². The van der Waals surface area contributed by atoms with Crippen molar-refractivity contribution in [3.05, 3.63) is 107 Å². The van der Waals surface area contributed by atoms with Crippen LogP contribution in [0.15, 0.2) is 84.9 Å². The Morgan fingerprint density at radius 3 is 2.12 bits per heavy atom. The molecule has 0 bridgehead atoms. The summed E-state index contributed by atoms with van der Waals surface area (Å²) in [6.07, 6.45) is 0. The molecule has 0 aliphatic carbocycles. The second-order valence-corrected chi connectivity index (χ2v) is 8.43. The number of benzene rings is 3. The number of piperazine rings is 1. The molecule has 3 aromatic carbocycles. The van der Waals surface area contributed by atoms with E-state index < -0.39 is 0 Å². The topological polar surface area (TPSA) is 60.9 Å². The van der Waals surface area contributed by atoms with Gasteiger partial charge in [-0.3, -0.25) is 9.59 Å². The molecule has 2 fully saturated rings. The molecular weight excluding hydrogens is 412 g/mol. The number of aliphatic hydroxyl groups is 1. The van der Waals surface area contributed by atoms with Crippen LogP contribution in [0.5, 0.6) is 0 Å². The van der Waals surface area contributed by atoms with Crippen LogP contribution in [0.2, 0.25) is 0 Å². The number of hydrogen-bond acceptors (Lipinski definition) is 3. The highest BCUT2D eigenvalue weighted by Gasteiger charge is 2.54. The van der Waals surface area contributed by atoms with Crippen LogP contribution in [0.3, 0.4) is 0 Å². The van der Waals surface area contributed by atoms with Gasteiger partial charge in [-0.05, 0) is 42.0 Å². The summed E-state index contributed by atoms with van der Waals surface area (Å²) in [6, 6.07) is 26.4. The van der Waals surface area contributed by atoms with E-state index in [-0.39, 0.29) is 43.0 Å². The van der Waals surface area contributed by atoms with Crippen molar-refractivity contribution in [3.63, 3.8) is 0 Å². The number of rotatable bonds is 3. The van der Waals surface area contributed by atoms with E-state index in [9.17, 15) is 14.7 Å². The molecule has 0 aromatic heterocycles.